The molecule has 5 rings (SSSR count). The molecule has 2 N–H and O–H groups in total. The Bertz CT molecular complexity index is 1650. The molecular formula is C32H31N3O5S. The molecule has 2 unspecified atom stereocenters. The van der Waals surface area contributed by atoms with Gasteiger partial charge in [0.15, 0.2) is 0 Å². The molecule has 1 fully saturated rings. The van der Waals surface area contributed by atoms with Crippen LogP contribution in [0.5, 0.6) is 0 Å². The summed E-state index contributed by atoms with van der Waals surface area (Å²) in [5.74, 6) is -3.55. The lowest BCUT2D eigenvalue weighted by atomic mass is 9.90. The summed E-state index contributed by atoms with van der Waals surface area (Å²) in [7, 11) is -4.34. The molecule has 1 aliphatic rings. The van der Waals surface area contributed by atoms with Crippen molar-refractivity contribution in [2.45, 2.75) is 30.2 Å². The molecule has 2 atom stereocenters. The second-order valence-corrected chi connectivity index (χ2v) is 11.8. The number of carbonyl (C=O) groups is 3. The molecule has 0 spiro atoms. The van der Waals surface area contributed by atoms with Crippen molar-refractivity contribution in [3.05, 3.63) is 114 Å². The zero-order valence-electron chi connectivity index (χ0n) is 22.4. The van der Waals surface area contributed by atoms with Gasteiger partial charge in [-0.1, -0.05) is 78.9 Å². The van der Waals surface area contributed by atoms with Crippen molar-refractivity contribution >= 4 is 38.5 Å². The average Bonchev–Trinajstić information content (AvgIpc) is 3.01. The number of sulfonamides is 1. The van der Waals surface area contributed by atoms with Crippen LogP contribution in [0.25, 0.3) is 10.8 Å². The minimum atomic E-state index is -4.34. The second kappa shape index (κ2) is 12.3. The third kappa shape index (κ3) is 6.47. The summed E-state index contributed by atoms with van der Waals surface area (Å²) in [6.07, 6.45) is 2.52. The van der Waals surface area contributed by atoms with Gasteiger partial charge < -0.3 is 10.2 Å². The van der Waals surface area contributed by atoms with Gasteiger partial charge >= 0.3 is 0 Å². The van der Waals surface area contributed by atoms with E-state index in [1.54, 1.807) is 83.8 Å². The van der Waals surface area contributed by atoms with Crippen LogP contribution in [-0.2, 0) is 19.6 Å². The highest BCUT2D eigenvalue weighted by molar-refractivity contribution is 7.90. The first-order valence-corrected chi connectivity index (χ1v) is 15.1. The van der Waals surface area contributed by atoms with E-state index in [-0.39, 0.29) is 4.90 Å². The van der Waals surface area contributed by atoms with E-state index < -0.39 is 39.7 Å². The monoisotopic (exact) mass is 569 g/mol. The highest BCUT2D eigenvalue weighted by atomic mass is 32.2. The number of carbonyl (C=O) groups excluding carboxylic acids is 3. The predicted octanol–water partition coefficient (Wildman–Crippen LogP) is 4.44. The average molecular weight is 570 g/mol. The van der Waals surface area contributed by atoms with Crippen molar-refractivity contribution in [3.8, 4) is 0 Å². The van der Waals surface area contributed by atoms with Crippen LogP contribution in [0.1, 0.15) is 41.2 Å². The lowest BCUT2D eigenvalue weighted by Crippen LogP contribution is -2.52. The topological polar surface area (TPSA) is 113 Å². The summed E-state index contributed by atoms with van der Waals surface area (Å²) in [5, 5.41) is 4.40. The molecule has 3 amide bonds. The van der Waals surface area contributed by atoms with E-state index in [4.69, 9.17) is 0 Å². The first-order chi connectivity index (χ1) is 19.8. The van der Waals surface area contributed by atoms with Crippen LogP contribution in [0.15, 0.2) is 108 Å². The summed E-state index contributed by atoms with van der Waals surface area (Å²) < 4.78 is 29.1. The van der Waals surface area contributed by atoms with Crippen LogP contribution in [-0.4, -0.2) is 44.1 Å². The quantitative estimate of drug-likeness (QED) is 0.305. The molecule has 1 heterocycles. The Hall–Kier alpha value is -4.50. The normalized spacial score (nSPS) is 15.1. The Morgan fingerprint density at radius 3 is 2.00 bits per heavy atom. The van der Waals surface area contributed by atoms with Crippen LogP contribution in [0.4, 0.5) is 0 Å². The SMILES string of the molecule is O=C(NC(c1ccccc1)C(C(=O)NS(=O)(=O)c1ccc2ccccc2c1)C(=O)N1CCCCC1)c1ccccc1. The van der Waals surface area contributed by atoms with E-state index in [9.17, 15) is 22.8 Å². The number of benzene rings is 4. The van der Waals surface area contributed by atoms with Crippen LogP contribution in [0.2, 0.25) is 0 Å². The molecule has 1 aliphatic heterocycles. The standard InChI is InChI=1S/C32H31N3O5S/c36-30(25-15-6-2-7-16-25)33-29(24-13-4-1-5-14-24)28(32(38)35-20-10-3-11-21-35)31(37)34-41(39,40)27-19-18-23-12-8-9-17-26(23)22-27/h1-2,4-9,12-19,22,28-29H,3,10-11,20-21H2,(H,33,36)(H,34,37). The molecule has 0 aliphatic carbocycles. The van der Waals surface area contributed by atoms with E-state index in [2.05, 4.69) is 10.0 Å². The zero-order chi connectivity index (χ0) is 28.8. The smallest absolute Gasteiger partial charge is 0.264 e. The van der Waals surface area contributed by atoms with Gasteiger partial charge in [0.25, 0.3) is 15.9 Å². The van der Waals surface area contributed by atoms with Gasteiger partial charge in [0, 0.05) is 18.7 Å². The number of hydrogen-bond donors (Lipinski definition) is 2. The summed E-state index contributed by atoms with van der Waals surface area (Å²) in [4.78, 5) is 42.7. The van der Waals surface area contributed by atoms with Gasteiger partial charge in [0.2, 0.25) is 11.8 Å². The Kier molecular flexibility index (Phi) is 8.45. The largest absolute Gasteiger partial charge is 0.344 e. The van der Waals surface area contributed by atoms with E-state index in [1.165, 1.54) is 12.1 Å². The maximum atomic E-state index is 14.0. The van der Waals surface area contributed by atoms with Gasteiger partial charge in [-0.25, -0.2) is 13.1 Å². The fourth-order valence-corrected chi connectivity index (χ4v) is 6.18. The maximum Gasteiger partial charge on any atom is 0.264 e. The summed E-state index contributed by atoms with van der Waals surface area (Å²) in [6, 6.07) is 27.9. The van der Waals surface area contributed by atoms with Crippen LogP contribution in [0, 0.1) is 5.92 Å². The van der Waals surface area contributed by atoms with E-state index in [0.29, 0.717) is 29.6 Å². The molecule has 1 saturated heterocycles. The highest BCUT2D eigenvalue weighted by Crippen LogP contribution is 2.28. The molecular weight excluding hydrogens is 538 g/mol. The van der Waals surface area contributed by atoms with Gasteiger partial charge in [0.05, 0.1) is 10.9 Å². The van der Waals surface area contributed by atoms with Crippen molar-refractivity contribution in [1.29, 1.82) is 0 Å². The number of piperidine rings is 1. The number of rotatable bonds is 8. The minimum absolute atomic E-state index is 0.0988. The summed E-state index contributed by atoms with van der Waals surface area (Å²) in [6.45, 7) is 0.905. The Balaban J connectivity index is 1.52. The zero-order valence-corrected chi connectivity index (χ0v) is 23.2. The van der Waals surface area contributed by atoms with Crippen molar-refractivity contribution < 1.29 is 22.8 Å². The Labute approximate surface area is 239 Å². The van der Waals surface area contributed by atoms with Crippen LogP contribution in [0.3, 0.4) is 0 Å². The number of nitrogens with zero attached hydrogens (tertiary/aromatic N) is 1. The summed E-state index contributed by atoms with van der Waals surface area (Å²) in [5.41, 5.74) is 0.854. The van der Waals surface area contributed by atoms with Gasteiger partial charge in [0.1, 0.15) is 5.92 Å². The van der Waals surface area contributed by atoms with Gasteiger partial charge in [-0.3, -0.25) is 14.4 Å². The molecule has 8 nitrogen and oxygen atoms in total. The van der Waals surface area contributed by atoms with Crippen molar-refractivity contribution in [3.63, 3.8) is 0 Å². The third-order valence-corrected chi connectivity index (χ3v) is 8.64. The van der Waals surface area contributed by atoms with Gasteiger partial charge in [-0.15, -0.1) is 0 Å². The van der Waals surface area contributed by atoms with E-state index in [0.717, 1.165) is 24.6 Å². The molecule has 9 heteroatoms. The fraction of sp³-hybridized carbons (Fsp3) is 0.219. The first-order valence-electron chi connectivity index (χ1n) is 13.6. The van der Waals surface area contributed by atoms with E-state index >= 15 is 0 Å². The summed E-state index contributed by atoms with van der Waals surface area (Å²) >= 11 is 0. The van der Waals surface area contributed by atoms with Crippen LogP contribution >= 0.6 is 0 Å². The molecule has 41 heavy (non-hydrogen) atoms. The number of nitrogens with one attached hydrogen (secondary N) is 2. The fourth-order valence-electron chi connectivity index (χ4n) is 5.14. The second-order valence-electron chi connectivity index (χ2n) is 10.1. The lowest BCUT2D eigenvalue weighted by molar-refractivity contribution is -0.143. The minimum Gasteiger partial charge on any atom is -0.344 e. The van der Waals surface area contributed by atoms with Crippen LogP contribution < -0.4 is 10.0 Å². The predicted molar refractivity (Wildman–Crippen MR) is 156 cm³/mol. The van der Waals surface area contributed by atoms with Crippen molar-refractivity contribution in [1.82, 2.24) is 14.9 Å². The molecule has 4 aromatic carbocycles. The number of fused-ring (bicyclic) bond motifs is 1. The van der Waals surface area contributed by atoms with Gasteiger partial charge in [-0.2, -0.15) is 0 Å². The Morgan fingerprint density at radius 2 is 1.32 bits per heavy atom. The molecule has 0 aromatic heterocycles. The lowest BCUT2D eigenvalue weighted by Gasteiger charge is -2.33. The first kappa shape index (κ1) is 28.0. The molecule has 4 aromatic rings. The van der Waals surface area contributed by atoms with Gasteiger partial charge in [-0.05, 0) is 59.9 Å². The van der Waals surface area contributed by atoms with Crippen molar-refractivity contribution in [2.75, 3.05) is 13.1 Å². The Morgan fingerprint density at radius 1 is 0.707 bits per heavy atom. The molecule has 210 valence electrons. The molecule has 0 saturated carbocycles. The highest BCUT2D eigenvalue weighted by Gasteiger charge is 2.41. The number of likely N-dealkylation sites (tertiary alicyclic amines) is 1. The van der Waals surface area contributed by atoms with E-state index in [1.807, 2.05) is 12.1 Å². The van der Waals surface area contributed by atoms with Crippen molar-refractivity contribution in [2.24, 2.45) is 5.92 Å². The molecule has 0 radical (unpaired) electrons. The third-order valence-electron chi connectivity index (χ3n) is 7.30. The number of hydrogen-bond acceptors (Lipinski definition) is 5. The maximum absolute atomic E-state index is 14.0. The molecule has 0 bridgehead atoms. The number of amides is 3.